The average Bonchev–Trinajstić information content (AvgIpc) is 3.49. The van der Waals surface area contributed by atoms with Crippen molar-refractivity contribution < 1.29 is 64.6 Å². The largest absolute Gasteiger partial charge is 0.394 e. The smallest absolute Gasteiger partial charge is 0.220 e. The summed E-state index contributed by atoms with van der Waals surface area (Å²) in [5, 5.41) is 87.2. The maximum Gasteiger partial charge on any atom is 0.220 e. The molecule has 12 atom stereocenters. The first-order chi connectivity index (χ1) is 39.1. The Balaban J connectivity index is 1.74. The summed E-state index contributed by atoms with van der Waals surface area (Å²) in [5.41, 5.74) is 0. The first-order valence-corrected chi connectivity index (χ1v) is 32.9. The molecule has 1 amide bonds. The molecule has 0 aromatic heterocycles. The lowest BCUT2D eigenvalue weighted by molar-refractivity contribution is -0.359. The molecular formula is C66H121NO13. The molecule has 0 aromatic rings. The summed E-state index contributed by atoms with van der Waals surface area (Å²) >= 11 is 0. The zero-order valence-corrected chi connectivity index (χ0v) is 50.6. The summed E-state index contributed by atoms with van der Waals surface area (Å²) in [7, 11) is 0. The van der Waals surface area contributed by atoms with Crippen LogP contribution in [0.4, 0.5) is 0 Å². The lowest BCUT2D eigenvalue weighted by atomic mass is 9.97. The van der Waals surface area contributed by atoms with Crippen LogP contribution in [0, 0.1) is 0 Å². The minimum atomic E-state index is -1.79. The van der Waals surface area contributed by atoms with E-state index < -0.39 is 86.8 Å². The summed E-state index contributed by atoms with van der Waals surface area (Å²) in [6.07, 6.45) is 48.7. The van der Waals surface area contributed by atoms with Crippen molar-refractivity contribution in [2.24, 2.45) is 0 Å². The van der Waals surface area contributed by atoms with Gasteiger partial charge in [0, 0.05) is 6.42 Å². The molecule has 2 aliphatic heterocycles. The van der Waals surface area contributed by atoms with Crippen LogP contribution in [0.2, 0.25) is 0 Å². The van der Waals surface area contributed by atoms with Gasteiger partial charge in [-0.1, -0.05) is 242 Å². The Labute approximate surface area is 486 Å². The minimum absolute atomic E-state index is 0.251. The van der Waals surface area contributed by atoms with Crippen molar-refractivity contribution in [2.45, 2.75) is 344 Å². The van der Waals surface area contributed by atoms with Crippen molar-refractivity contribution in [1.82, 2.24) is 5.32 Å². The van der Waals surface area contributed by atoms with Crippen LogP contribution in [-0.4, -0.2) is 140 Å². The van der Waals surface area contributed by atoms with Crippen molar-refractivity contribution in [3.05, 3.63) is 48.6 Å². The van der Waals surface area contributed by atoms with Gasteiger partial charge in [0.1, 0.15) is 48.8 Å². The second-order valence-corrected chi connectivity index (χ2v) is 23.2. The van der Waals surface area contributed by atoms with Gasteiger partial charge in [0.25, 0.3) is 0 Å². The molecular weight excluding hydrogens is 1010 g/mol. The number of aliphatic hydroxyl groups excluding tert-OH is 8. The Hall–Kier alpha value is -2.05. The van der Waals surface area contributed by atoms with Crippen LogP contribution in [0.1, 0.15) is 271 Å². The highest BCUT2D eigenvalue weighted by atomic mass is 16.7. The number of carbonyl (C=O) groups excluding carboxylic acids is 1. The lowest BCUT2D eigenvalue weighted by Gasteiger charge is -2.46. The van der Waals surface area contributed by atoms with Gasteiger partial charge in [-0.25, -0.2) is 0 Å². The first-order valence-electron chi connectivity index (χ1n) is 32.9. The van der Waals surface area contributed by atoms with Crippen LogP contribution >= 0.6 is 0 Å². The number of unbranched alkanes of at least 4 members (excludes halogenated alkanes) is 34. The van der Waals surface area contributed by atoms with Crippen LogP contribution < -0.4 is 5.32 Å². The van der Waals surface area contributed by atoms with Crippen molar-refractivity contribution >= 4 is 5.91 Å². The van der Waals surface area contributed by atoms with Gasteiger partial charge in [-0.2, -0.15) is 0 Å². The molecule has 14 nitrogen and oxygen atoms in total. The highest BCUT2D eigenvalue weighted by Crippen LogP contribution is 2.30. The van der Waals surface area contributed by atoms with Gasteiger partial charge in [0.15, 0.2) is 12.6 Å². The highest BCUT2D eigenvalue weighted by molar-refractivity contribution is 5.76. The number of rotatable bonds is 53. The monoisotopic (exact) mass is 1140 g/mol. The molecule has 0 aromatic carbocycles. The second-order valence-electron chi connectivity index (χ2n) is 23.2. The van der Waals surface area contributed by atoms with Crippen LogP contribution in [-0.2, 0) is 23.7 Å². The van der Waals surface area contributed by atoms with Crippen LogP contribution in [0.25, 0.3) is 0 Å². The summed E-state index contributed by atoms with van der Waals surface area (Å²) in [6, 6.07) is -0.939. The molecule has 9 N–H and O–H groups in total. The van der Waals surface area contributed by atoms with Gasteiger partial charge in [-0.15, -0.1) is 0 Å². The lowest BCUT2D eigenvalue weighted by Crippen LogP contribution is -2.65. The molecule has 2 saturated heterocycles. The summed E-state index contributed by atoms with van der Waals surface area (Å²) in [6.45, 7) is 2.80. The third-order valence-corrected chi connectivity index (χ3v) is 16.0. The zero-order chi connectivity index (χ0) is 58.1. The molecule has 12 unspecified atom stereocenters. The van der Waals surface area contributed by atoms with E-state index in [9.17, 15) is 45.6 Å². The first kappa shape index (κ1) is 74.1. The molecule has 0 radical (unpaired) electrons. The Kier molecular flexibility index (Phi) is 47.6. The number of amides is 1. The number of hydrogen-bond donors (Lipinski definition) is 9. The van der Waals surface area contributed by atoms with E-state index in [1.807, 2.05) is 6.08 Å². The molecule has 0 bridgehead atoms. The average molecular weight is 1140 g/mol. The van der Waals surface area contributed by atoms with Crippen LogP contribution in [0.5, 0.6) is 0 Å². The van der Waals surface area contributed by atoms with E-state index in [-0.39, 0.29) is 18.9 Å². The molecule has 80 heavy (non-hydrogen) atoms. The molecule has 2 rings (SSSR count). The summed E-state index contributed by atoms with van der Waals surface area (Å²) < 4.78 is 22.8. The fourth-order valence-electron chi connectivity index (χ4n) is 10.7. The van der Waals surface area contributed by atoms with Gasteiger partial charge in [-0.05, 0) is 70.6 Å². The number of nitrogens with one attached hydrogen (secondary N) is 1. The van der Waals surface area contributed by atoms with Crippen molar-refractivity contribution in [3.8, 4) is 0 Å². The highest BCUT2D eigenvalue weighted by Gasteiger charge is 2.51. The van der Waals surface area contributed by atoms with E-state index >= 15 is 0 Å². The number of carbonyl (C=O) groups is 1. The van der Waals surface area contributed by atoms with Crippen molar-refractivity contribution in [1.29, 1.82) is 0 Å². The number of allylic oxidation sites excluding steroid dienone is 7. The SMILES string of the molecule is CCCCCCCCCC/C=C\CCCCCCCCCCCCCCCC(=O)NC(COC1OC(CO)C(OC2OC(CO)C(O)C(O)C2O)C(O)C1O)C(O)/C=C/CC/C=C/CC/C=C/CCCCCCCCCCCCC. The Bertz CT molecular complexity index is 1530. The van der Waals surface area contributed by atoms with E-state index in [1.165, 1.54) is 193 Å². The predicted octanol–water partition coefficient (Wildman–Crippen LogP) is 12.3. The van der Waals surface area contributed by atoms with Crippen molar-refractivity contribution in [2.75, 3.05) is 19.8 Å². The van der Waals surface area contributed by atoms with Crippen LogP contribution in [0.15, 0.2) is 48.6 Å². The molecule has 0 saturated carbocycles. The quantitative estimate of drug-likeness (QED) is 0.0204. The van der Waals surface area contributed by atoms with Crippen LogP contribution in [0.3, 0.4) is 0 Å². The number of ether oxygens (including phenoxy) is 4. The maximum absolute atomic E-state index is 13.3. The normalized spacial score (nSPS) is 24.5. The Morgan fingerprint density at radius 1 is 0.438 bits per heavy atom. The fraction of sp³-hybridized carbons (Fsp3) is 0.864. The number of aliphatic hydroxyl groups is 8. The van der Waals surface area contributed by atoms with E-state index in [2.05, 4.69) is 55.6 Å². The molecule has 2 aliphatic rings. The maximum atomic E-state index is 13.3. The third kappa shape index (κ3) is 35.9. The standard InChI is InChI=1S/C66H121NO13/c1-3-5-7-9-11-13-15-17-19-21-23-25-26-27-28-30-32-34-36-38-40-42-44-46-48-50-58(71)67-54(55(70)49-47-45-43-41-39-37-35-33-31-29-24-22-20-18-16-14-12-10-8-6-4-2)53-77-65-63(76)61(74)64(57(52-69)79-65)80-66-62(75)60(73)59(72)56(51-68)78-66/h21,23,31,33,39,41,47,49,54-57,59-66,68-70,72-76H,3-20,22,24-30,32,34-38,40,42-46,48,50-53H2,1-2H3,(H,67,71)/b23-21-,33-31+,41-39+,49-47+. The van der Waals surface area contributed by atoms with Gasteiger partial charge >= 0.3 is 0 Å². The fourth-order valence-corrected chi connectivity index (χ4v) is 10.7. The van der Waals surface area contributed by atoms with Gasteiger partial charge in [0.05, 0.1) is 32.0 Å². The molecule has 468 valence electrons. The van der Waals surface area contributed by atoms with Gasteiger partial charge in [0.2, 0.25) is 5.91 Å². The number of hydrogen-bond acceptors (Lipinski definition) is 13. The predicted molar refractivity (Wildman–Crippen MR) is 323 cm³/mol. The van der Waals surface area contributed by atoms with E-state index in [4.69, 9.17) is 18.9 Å². The summed E-state index contributed by atoms with van der Waals surface area (Å²) in [5.74, 6) is -0.251. The second kappa shape index (κ2) is 51.4. The molecule has 2 fully saturated rings. The van der Waals surface area contributed by atoms with E-state index in [0.717, 1.165) is 44.9 Å². The molecule has 14 heteroatoms. The Morgan fingerprint density at radius 3 is 1.23 bits per heavy atom. The zero-order valence-electron chi connectivity index (χ0n) is 50.6. The summed E-state index contributed by atoms with van der Waals surface area (Å²) in [4.78, 5) is 13.3. The van der Waals surface area contributed by atoms with Gasteiger partial charge in [-0.3, -0.25) is 4.79 Å². The minimum Gasteiger partial charge on any atom is -0.394 e. The molecule has 0 spiro atoms. The van der Waals surface area contributed by atoms with Gasteiger partial charge < -0.3 is 65.1 Å². The molecule has 2 heterocycles. The van der Waals surface area contributed by atoms with E-state index in [0.29, 0.717) is 12.8 Å². The topological polar surface area (TPSA) is 228 Å². The third-order valence-electron chi connectivity index (χ3n) is 16.0. The Morgan fingerprint density at radius 2 is 0.800 bits per heavy atom. The van der Waals surface area contributed by atoms with E-state index in [1.54, 1.807) is 6.08 Å². The molecule has 0 aliphatic carbocycles. The van der Waals surface area contributed by atoms with Crippen molar-refractivity contribution in [3.63, 3.8) is 0 Å².